The van der Waals surface area contributed by atoms with Crippen LogP contribution in [0.5, 0.6) is 0 Å². The fraction of sp³-hybridized carbons (Fsp3) is 1.00. The van der Waals surface area contributed by atoms with E-state index < -0.39 is 68.1 Å². The molecule has 2 aliphatic rings. The molecule has 10 nitrogen and oxygen atoms in total. The van der Waals surface area contributed by atoms with E-state index in [9.17, 15) is 35.0 Å². The van der Waals surface area contributed by atoms with Crippen LogP contribution in [0.15, 0.2) is 0 Å². The Morgan fingerprint density at radius 2 is 1.54 bits per heavy atom. The molecule has 0 aromatic carbocycles. The van der Waals surface area contributed by atoms with E-state index in [0.29, 0.717) is 0 Å². The summed E-state index contributed by atoms with van der Waals surface area (Å²) in [6.45, 7) is -0.850. The Hall–Kier alpha value is -0.470. The van der Waals surface area contributed by atoms with Gasteiger partial charge in [-0.2, -0.15) is 0 Å². The number of hydrogen-bond acceptors (Lipinski definition) is 10. The molecule has 2 saturated heterocycles. The molecule has 10 atom stereocenters. The van der Waals surface area contributed by atoms with Gasteiger partial charge < -0.3 is 49.6 Å². The molecular formula is C13H23FO10. The van der Waals surface area contributed by atoms with Crippen molar-refractivity contribution in [2.45, 2.75) is 61.5 Å². The summed E-state index contributed by atoms with van der Waals surface area (Å²) in [5.74, 6) is 0. The van der Waals surface area contributed by atoms with Crippen LogP contribution < -0.4 is 0 Å². The molecule has 10 unspecified atom stereocenters. The SMILES string of the molecule is COCC1OC(OC2C(CO)OC(F)C(O)C2O)C(O)C(O)C1O. The van der Waals surface area contributed by atoms with Gasteiger partial charge in [0.1, 0.15) is 48.8 Å². The molecule has 2 rings (SSSR count). The van der Waals surface area contributed by atoms with Crippen molar-refractivity contribution in [2.24, 2.45) is 0 Å². The van der Waals surface area contributed by atoms with E-state index in [4.69, 9.17) is 18.9 Å². The first-order chi connectivity index (χ1) is 11.3. The molecule has 0 aliphatic carbocycles. The molecule has 142 valence electrons. The minimum Gasteiger partial charge on any atom is -0.394 e. The predicted molar refractivity (Wildman–Crippen MR) is 72.3 cm³/mol. The third kappa shape index (κ3) is 3.85. The normalized spacial score (nSPS) is 50.0. The Morgan fingerprint density at radius 3 is 2.12 bits per heavy atom. The molecule has 0 amide bonds. The minimum atomic E-state index is -2.22. The minimum absolute atomic E-state index is 0.118. The van der Waals surface area contributed by atoms with Crippen LogP contribution in [0.2, 0.25) is 0 Å². The molecule has 0 aromatic heterocycles. The third-order valence-electron chi connectivity index (χ3n) is 4.10. The number of methoxy groups -OCH3 is 1. The molecule has 24 heavy (non-hydrogen) atoms. The van der Waals surface area contributed by atoms with Gasteiger partial charge in [0.2, 0.25) is 6.36 Å². The Labute approximate surface area is 136 Å². The fourth-order valence-electron chi connectivity index (χ4n) is 2.70. The summed E-state index contributed by atoms with van der Waals surface area (Å²) in [5.41, 5.74) is 0. The molecule has 11 heteroatoms. The zero-order chi connectivity index (χ0) is 18.0. The van der Waals surface area contributed by atoms with E-state index in [0.717, 1.165) is 0 Å². The highest BCUT2D eigenvalue weighted by molar-refractivity contribution is 4.93. The van der Waals surface area contributed by atoms with Crippen molar-refractivity contribution < 1.29 is 54.0 Å². The number of halogens is 1. The molecule has 0 aromatic rings. The topological polar surface area (TPSA) is 158 Å². The Balaban J connectivity index is 2.11. The lowest BCUT2D eigenvalue weighted by atomic mass is 9.97. The van der Waals surface area contributed by atoms with Gasteiger partial charge in [0.25, 0.3) is 0 Å². The summed E-state index contributed by atoms with van der Waals surface area (Å²) in [6, 6.07) is 0. The van der Waals surface area contributed by atoms with Crippen molar-refractivity contribution in [3.05, 3.63) is 0 Å². The average molecular weight is 358 g/mol. The summed E-state index contributed by atoms with van der Waals surface area (Å²) in [7, 11) is 1.33. The lowest BCUT2D eigenvalue weighted by molar-refractivity contribution is -0.349. The van der Waals surface area contributed by atoms with Gasteiger partial charge in [-0.15, -0.1) is 0 Å². The van der Waals surface area contributed by atoms with Crippen LogP contribution in [0.25, 0.3) is 0 Å². The van der Waals surface area contributed by atoms with Crippen LogP contribution in [0.3, 0.4) is 0 Å². The second kappa shape index (κ2) is 8.27. The number of aliphatic hydroxyl groups is 6. The summed E-state index contributed by atoms with van der Waals surface area (Å²) in [4.78, 5) is 0. The van der Waals surface area contributed by atoms with Crippen LogP contribution in [-0.2, 0) is 18.9 Å². The van der Waals surface area contributed by atoms with Gasteiger partial charge >= 0.3 is 0 Å². The van der Waals surface area contributed by atoms with E-state index in [-0.39, 0.29) is 6.61 Å². The largest absolute Gasteiger partial charge is 0.394 e. The summed E-state index contributed by atoms with van der Waals surface area (Å²) in [6.07, 6.45) is -16.0. The van der Waals surface area contributed by atoms with E-state index in [1.165, 1.54) is 7.11 Å². The maximum atomic E-state index is 13.4. The van der Waals surface area contributed by atoms with E-state index >= 15 is 0 Å². The van der Waals surface area contributed by atoms with E-state index in [1.54, 1.807) is 0 Å². The van der Waals surface area contributed by atoms with Gasteiger partial charge in [0, 0.05) is 7.11 Å². The first-order valence-corrected chi connectivity index (χ1v) is 7.42. The first-order valence-electron chi connectivity index (χ1n) is 7.42. The zero-order valence-corrected chi connectivity index (χ0v) is 12.9. The standard InChI is InChI=1S/C13H23FO10/c1-21-3-5-6(16)7(17)10(20)13(23-5)24-11-4(2-15)22-12(14)9(19)8(11)18/h4-13,15-20H,2-3H2,1H3. The van der Waals surface area contributed by atoms with Crippen LogP contribution in [-0.4, -0.2) is 112 Å². The smallest absolute Gasteiger partial charge is 0.228 e. The Kier molecular flexibility index (Phi) is 6.84. The summed E-state index contributed by atoms with van der Waals surface area (Å²) in [5, 5.41) is 58.3. The number of aliphatic hydroxyl groups excluding tert-OH is 6. The highest BCUT2D eigenvalue weighted by Crippen LogP contribution is 2.29. The highest BCUT2D eigenvalue weighted by atomic mass is 19.1. The van der Waals surface area contributed by atoms with Gasteiger partial charge in [0.15, 0.2) is 6.29 Å². The second-order valence-electron chi connectivity index (χ2n) is 5.76. The maximum absolute atomic E-state index is 13.4. The zero-order valence-electron chi connectivity index (χ0n) is 12.9. The number of ether oxygens (including phenoxy) is 4. The number of hydrogen-bond donors (Lipinski definition) is 6. The summed E-state index contributed by atoms with van der Waals surface area (Å²) >= 11 is 0. The van der Waals surface area contributed by atoms with Crippen molar-refractivity contribution in [3.63, 3.8) is 0 Å². The van der Waals surface area contributed by atoms with Gasteiger partial charge in [0.05, 0.1) is 13.2 Å². The molecule has 2 fully saturated rings. The molecule has 0 radical (unpaired) electrons. The van der Waals surface area contributed by atoms with Crippen molar-refractivity contribution in [2.75, 3.05) is 20.3 Å². The lowest BCUT2D eigenvalue weighted by Gasteiger charge is -2.45. The highest BCUT2D eigenvalue weighted by Gasteiger charge is 2.50. The average Bonchev–Trinajstić information content (AvgIpc) is 2.57. The van der Waals surface area contributed by atoms with Gasteiger partial charge in [-0.3, -0.25) is 0 Å². The van der Waals surface area contributed by atoms with Crippen LogP contribution in [0, 0.1) is 0 Å². The van der Waals surface area contributed by atoms with Gasteiger partial charge in [-0.05, 0) is 0 Å². The fourth-order valence-corrected chi connectivity index (χ4v) is 2.70. The lowest BCUT2D eigenvalue weighted by Crippen LogP contribution is -2.64. The van der Waals surface area contributed by atoms with Crippen LogP contribution in [0.1, 0.15) is 0 Å². The monoisotopic (exact) mass is 358 g/mol. The van der Waals surface area contributed by atoms with Crippen LogP contribution in [0.4, 0.5) is 4.39 Å². The molecule has 6 N–H and O–H groups in total. The molecule has 0 saturated carbocycles. The quantitative estimate of drug-likeness (QED) is 0.288. The number of rotatable bonds is 5. The summed E-state index contributed by atoms with van der Waals surface area (Å²) < 4.78 is 33.5. The van der Waals surface area contributed by atoms with Gasteiger partial charge in [-0.1, -0.05) is 0 Å². The Bertz CT molecular complexity index is 399. The molecule has 0 bridgehead atoms. The third-order valence-corrected chi connectivity index (χ3v) is 4.10. The van der Waals surface area contributed by atoms with E-state index in [1.807, 2.05) is 0 Å². The van der Waals surface area contributed by atoms with Crippen molar-refractivity contribution in [1.29, 1.82) is 0 Å². The molecular weight excluding hydrogens is 335 g/mol. The van der Waals surface area contributed by atoms with Crippen LogP contribution >= 0.6 is 0 Å². The maximum Gasteiger partial charge on any atom is 0.228 e. The second-order valence-corrected chi connectivity index (χ2v) is 5.76. The number of alkyl halides is 1. The van der Waals surface area contributed by atoms with Crippen molar-refractivity contribution in [1.82, 2.24) is 0 Å². The predicted octanol–water partition coefficient (Wildman–Crippen LogP) is -3.77. The van der Waals surface area contributed by atoms with Crippen molar-refractivity contribution >= 4 is 0 Å². The molecule has 2 aliphatic heterocycles. The molecule has 0 spiro atoms. The Morgan fingerprint density at radius 1 is 0.875 bits per heavy atom. The first kappa shape index (κ1) is 19.8. The van der Waals surface area contributed by atoms with Gasteiger partial charge in [-0.25, -0.2) is 4.39 Å². The van der Waals surface area contributed by atoms with Crippen molar-refractivity contribution in [3.8, 4) is 0 Å². The van der Waals surface area contributed by atoms with E-state index in [2.05, 4.69) is 0 Å². The molecule has 2 heterocycles.